The Labute approximate surface area is 137 Å². The minimum absolute atomic E-state index is 0.0496. The first-order valence-electron chi connectivity index (χ1n) is 6.98. The number of aromatic nitrogens is 1. The summed E-state index contributed by atoms with van der Waals surface area (Å²) >= 11 is 1.56. The molecule has 1 amide bonds. The van der Waals surface area contributed by atoms with Gasteiger partial charge >= 0.3 is 0 Å². The van der Waals surface area contributed by atoms with Crippen molar-refractivity contribution in [3.63, 3.8) is 0 Å². The van der Waals surface area contributed by atoms with E-state index in [0.717, 1.165) is 10.7 Å². The van der Waals surface area contributed by atoms with Crippen molar-refractivity contribution in [3.05, 3.63) is 46.2 Å². The molecule has 0 radical (unpaired) electrons. The van der Waals surface area contributed by atoms with E-state index < -0.39 is 0 Å². The number of aliphatic imine (C=N–C) groups is 1. The predicted octanol–water partition coefficient (Wildman–Crippen LogP) is 1.89. The van der Waals surface area contributed by atoms with Gasteiger partial charge in [-0.2, -0.15) is 0 Å². The Bertz CT molecular complexity index is 683. The van der Waals surface area contributed by atoms with Gasteiger partial charge in [-0.15, -0.1) is 11.3 Å². The van der Waals surface area contributed by atoms with Crippen LogP contribution in [0.1, 0.15) is 10.7 Å². The molecule has 1 heterocycles. The lowest BCUT2D eigenvalue weighted by atomic mass is 10.3. The number of thiazole rings is 1. The first-order chi connectivity index (χ1) is 11.1. The van der Waals surface area contributed by atoms with Crippen molar-refractivity contribution in [2.45, 2.75) is 13.5 Å². The number of aryl methyl sites for hydroxylation is 1. The average Bonchev–Trinajstić information content (AvgIpc) is 2.95. The lowest BCUT2D eigenvalue weighted by molar-refractivity contribution is -0.115. The van der Waals surface area contributed by atoms with Crippen LogP contribution >= 0.6 is 11.3 Å². The molecule has 2 rings (SSSR count). The number of rotatable bonds is 5. The van der Waals surface area contributed by atoms with Crippen molar-refractivity contribution in [3.8, 4) is 0 Å². The second-order valence-corrected chi connectivity index (χ2v) is 5.66. The summed E-state index contributed by atoms with van der Waals surface area (Å²) in [5.41, 5.74) is 1.52. The van der Waals surface area contributed by atoms with Crippen LogP contribution < -0.4 is 16.0 Å². The summed E-state index contributed by atoms with van der Waals surface area (Å²) in [6.45, 7) is 2.53. The third kappa shape index (κ3) is 5.67. The molecule has 23 heavy (non-hydrogen) atoms. The fourth-order valence-electron chi connectivity index (χ4n) is 1.77. The number of hydrogen-bond acceptors (Lipinski definition) is 4. The van der Waals surface area contributed by atoms with Crippen molar-refractivity contribution < 1.29 is 9.18 Å². The van der Waals surface area contributed by atoms with Crippen molar-refractivity contribution >= 4 is 28.9 Å². The van der Waals surface area contributed by atoms with Gasteiger partial charge in [0, 0.05) is 23.8 Å². The third-order valence-corrected chi connectivity index (χ3v) is 3.81. The average molecular weight is 335 g/mol. The highest BCUT2D eigenvalue weighted by Crippen LogP contribution is 2.08. The number of halogens is 1. The Morgan fingerprint density at radius 3 is 2.65 bits per heavy atom. The first kappa shape index (κ1) is 16.9. The molecule has 3 N–H and O–H groups in total. The van der Waals surface area contributed by atoms with Crippen molar-refractivity contribution in [1.82, 2.24) is 15.6 Å². The van der Waals surface area contributed by atoms with Crippen molar-refractivity contribution in [2.75, 3.05) is 18.9 Å². The molecule has 0 saturated carbocycles. The molecule has 0 spiro atoms. The quantitative estimate of drug-likeness (QED) is 0.576. The summed E-state index contributed by atoms with van der Waals surface area (Å²) in [6, 6.07) is 5.59. The summed E-state index contributed by atoms with van der Waals surface area (Å²) in [4.78, 5) is 20.2. The van der Waals surface area contributed by atoms with E-state index in [1.165, 1.54) is 24.3 Å². The van der Waals surface area contributed by atoms with E-state index in [1.807, 2.05) is 12.3 Å². The molecule has 0 aliphatic rings. The number of nitrogens with zero attached hydrogens (tertiary/aromatic N) is 2. The number of nitrogens with one attached hydrogen (secondary N) is 3. The van der Waals surface area contributed by atoms with Gasteiger partial charge in [-0.05, 0) is 31.2 Å². The van der Waals surface area contributed by atoms with E-state index in [-0.39, 0.29) is 18.3 Å². The van der Waals surface area contributed by atoms with E-state index in [9.17, 15) is 9.18 Å². The normalized spacial score (nSPS) is 11.2. The van der Waals surface area contributed by atoms with Gasteiger partial charge in [-0.1, -0.05) is 0 Å². The highest BCUT2D eigenvalue weighted by Gasteiger charge is 2.05. The maximum atomic E-state index is 12.8. The Morgan fingerprint density at radius 1 is 1.30 bits per heavy atom. The van der Waals surface area contributed by atoms with Crippen LogP contribution in [-0.2, 0) is 11.3 Å². The predicted molar refractivity (Wildman–Crippen MR) is 90.1 cm³/mol. The van der Waals surface area contributed by atoms with Gasteiger partial charge in [-0.25, -0.2) is 9.37 Å². The first-order valence-corrected chi connectivity index (χ1v) is 7.85. The Morgan fingerprint density at radius 2 is 2.04 bits per heavy atom. The van der Waals surface area contributed by atoms with E-state index in [1.54, 1.807) is 18.4 Å². The molecule has 0 unspecified atom stereocenters. The second kappa shape index (κ2) is 8.23. The number of hydrogen-bond donors (Lipinski definition) is 3. The molecule has 0 aliphatic heterocycles. The number of carbonyl (C=O) groups is 1. The highest BCUT2D eigenvalue weighted by molar-refractivity contribution is 7.09. The van der Waals surface area contributed by atoms with E-state index in [0.29, 0.717) is 18.2 Å². The zero-order valence-electron chi connectivity index (χ0n) is 12.9. The molecule has 122 valence electrons. The standard InChI is InChI=1S/C15H18FN5OS/c1-10-9-23-14(20-10)8-19-15(17-2)18-7-13(22)21-12-5-3-11(16)4-6-12/h3-6,9H,7-8H2,1-2H3,(H,21,22)(H2,17,18,19). The van der Waals surface area contributed by atoms with Crippen LogP contribution in [-0.4, -0.2) is 30.4 Å². The summed E-state index contributed by atoms with van der Waals surface area (Å²) in [5.74, 6) is -0.0834. The smallest absolute Gasteiger partial charge is 0.243 e. The minimum Gasteiger partial charge on any atom is -0.350 e. The summed E-state index contributed by atoms with van der Waals surface area (Å²) < 4.78 is 12.8. The van der Waals surface area contributed by atoms with Crippen LogP contribution in [0.25, 0.3) is 0 Å². The molecule has 0 bridgehead atoms. The molecule has 0 fully saturated rings. The molecule has 1 aromatic carbocycles. The Kier molecular flexibility index (Phi) is 6.04. The largest absolute Gasteiger partial charge is 0.350 e. The number of carbonyl (C=O) groups excluding carboxylic acids is 1. The van der Waals surface area contributed by atoms with Gasteiger partial charge in [0.2, 0.25) is 5.91 Å². The fourth-order valence-corrected chi connectivity index (χ4v) is 2.48. The monoisotopic (exact) mass is 335 g/mol. The maximum absolute atomic E-state index is 12.8. The van der Waals surface area contributed by atoms with Gasteiger partial charge in [0.1, 0.15) is 10.8 Å². The zero-order valence-corrected chi connectivity index (χ0v) is 13.7. The molecular formula is C15H18FN5OS. The summed E-state index contributed by atoms with van der Waals surface area (Å²) in [7, 11) is 1.63. The maximum Gasteiger partial charge on any atom is 0.243 e. The number of guanidine groups is 1. The van der Waals surface area contributed by atoms with Gasteiger partial charge < -0.3 is 16.0 Å². The van der Waals surface area contributed by atoms with Crippen molar-refractivity contribution in [2.24, 2.45) is 4.99 Å². The number of amides is 1. The molecule has 2 aromatic rings. The molecule has 0 atom stereocenters. The Balaban J connectivity index is 1.76. The lowest BCUT2D eigenvalue weighted by Crippen LogP contribution is -2.41. The summed E-state index contributed by atoms with van der Waals surface area (Å²) in [6.07, 6.45) is 0. The van der Waals surface area contributed by atoms with E-state index >= 15 is 0 Å². The Hall–Kier alpha value is -2.48. The van der Waals surface area contributed by atoms with Crippen LogP contribution in [0.15, 0.2) is 34.6 Å². The van der Waals surface area contributed by atoms with Gasteiger partial charge in [0.05, 0.1) is 13.1 Å². The van der Waals surface area contributed by atoms with Gasteiger partial charge in [0.25, 0.3) is 0 Å². The number of benzene rings is 1. The zero-order chi connectivity index (χ0) is 16.7. The van der Waals surface area contributed by atoms with Gasteiger partial charge in [-0.3, -0.25) is 9.79 Å². The fraction of sp³-hybridized carbons (Fsp3) is 0.267. The van der Waals surface area contributed by atoms with E-state index in [2.05, 4.69) is 25.9 Å². The lowest BCUT2D eigenvalue weighted by Gasteiger charge is -2.11. The van der Waals surface area contributed by atoms with Crippen LogP contribution in [0.2, 0.25) is 0 Å². The molecule has 0 saturated heterocycles. The minimum atomic E-state index is -0.344. The molecule has 1 aromatic heterocycles. The third-order valence-electron chi connectivity index (χ3n) is 2.84. The van der Waals surface area contributed by atoms with Crippen LogP contribution in [0.5, 0.6) is 0 Å². The van der Waals surface area contributed by atoms with E-state index in [4.69, 9.17) is 0 Å². The molecule has 8 heteroatoms. The van der Waals surface area contributed by atoms with Crippen LogP contribution in [0, 0.1) is 12.7 Å². The number of anilines is 1. The van der Waals surface area contributed by atoms with Gasteiger partial charge in [0.15, 0.2) is 5.96 Å². The van der Waals surface area contributed by atoms with Crippen LogP contribution in [0.3, 0.4) is 0 Å². The molecular weight excluding hydrogens is 317 g/mol. The topological polar surface area (TPSA) is 78.4 Å². The highest BCUT2D eigenvalue weighted by atomic mass is 32.1. The summed E-state index contributed by atoms with van der Waals surface area (Å²) in [5, 5.41) is 11.6. The van der Waals surface area contributed by atoms with Crippen molar-refractivity contribution in [1.29, 1.82) is 0 Å². The molecule has 0 aliphatic carbocycles. The SMILES string of the molecule is CN=C(NCC(=O)Nc1ccc(F)cc1)NCc1nc(C)cs1. The second-order valence-electron chi connectivity index (χ2n) is 4.72. The molecule has 6 nitrogen and oxygen atoms in total. The van der Waals surface area contributed by atoms with Crippen LogP contribution in [0.4, 0.5) is 10.1 Å².